The van der Waals surface area contributed by atoms with Gasteiger partial charge in [-0.15, -0.1) is 11.3 Å². The van der Waals surface area contributed by atoms with Crippen LogP contribution in [0.15, 0.2) is 150 Å². The van der Waals surface area contributed by atoms with Crippen LogP contribution in [0.2, 0.25) is 0 Å². The number of furan rings is 1. The first-order valence-electron chi connectivity index (χ1n) is 17.1. The van der Waals surface area contributed by atoms with E-state index in [9.17, 15) is 13.2 Å². The molecule has 0 bridgehead atoms. The molecular formula is C44H24F3N5OS. The third-order valence-corrected chi connectivity index (χ3v) is 10.6. The number of benzene rings is 6. The number of aromatic nitrogens is 5. The standard InChI is InChI=1S/C44H24F3N5OS/c45-44(46,47)29-21-18-25(19-22-29)37-39-38(30-14-7-8-17-35(30)54-39)49-42(48-37)28-20-23-33-32(24-28)36-31(15-9-16-34(36)53-33)43-51-40(26-10-3-1-4-11-26)50-41(52-43)27-12-5-2-6-13-27/h1-24H. The van der Waals surface area contributed by atoms with Crippen molar-refractivity contribution >= 4 is 53.6 Å². The van der Waals surface area contributed by atoms with Crippen LogP contribution in [-0.2, 0) is 6.18 Å². The largest absolute Gasteiger partial charge is 0.456 e. The molecule has 0 N–H and O–H groups in total. The van der Waals surface area contributed by atoms with E-state index in [1.54, 1.807) is 0 Å². The average Bonchev–Trinajstić information content (AvgIpc) is 3.79. The van der Waals surface area contributed by atoms with Gasteiger partial charge in [0.15, 0.2) is 23.3 Å². The van der Waals surface area contributed by atoms with Crippen LogP contribution in [-0.4, -0.2) is 24.9 Å². The summed E-state index contributed by atoms with van der Waals surface area (Å²) in [6.07, 6.45) is -4.45. The first-order chi connectivity index (χ1) is 26.4. The number of halogens is 3. The molecule has 6 nitrogen and oxygen atoms in total. The van der Waals surface area contributed by atoms with Crippen LogP contribution in [0.3, 0.4) is 0 Å². The fourth-order valence-electron chi connectivity index (χ4n) is 6.81. The maximum absolute atomic E-state index is 13.5. The molecular weight excluding hydrogens is 704 g/mol. The number of hydrogen-bond acceptors (Lipinski definition) is 7. The Morgan fingerprint density at radius 3 is 1.81 bits per heavy atom. The van der Waals surface area contributed by atoms with Gasteiger partial charge in [0.2, 0.25) is 0 Å². The second-order valence-electron chi connectivity index (χ2n) is 12.8. The average molecular weight is 728 g/mol. The Bertz CT molecular complexity index is 2980. The highest BCUT2D eigenvalue weighted by Crippen LogP contribution is 2.42. The van der Waals surface area contributed by atoms with Gasteiger partial charge in [0.1, 0.15) is 11.2 Å². The van der Waals surface area contributed by atoms with Gasteiger partial charge in [0.05, 0.1) is 21.5 Å². The predicted molar refractivity (Wildman–Crippen MR) is 208 cm³/mol. The number of hydrogen-bond donors (Lipinski definition) is 0. The van der Waals surface area contributed by atoms with E-state index in [-0.39, 0.29) is 0 Å². The van der Waals surface area contributed by atoms with Crippen molar-refractivity contribution in [2.45, 2.75) is 6.18 Å². The molecule has 0 spiro atoms. The summed E-state index contributed by atoms with van der Waals surface area (Å²) in [7, 11) is 0. The Balaban J connectivity index is 1.18. The molecule has 0 saturated heterocycles. The van der Waals surface area contributed by atoms with Crippen LogP contribution < -0.4 is 0 Å². The zero-order chi connectivity index (χ0) is 36.4. The third kappa shape index (κ3) is 5.46. The summed E-state index contributed by atoms with van der Waals surface area (Å²) < 4.78 is 48.7. The predicted octanol–water partition coefficient (Wildman–Crippen LogP) is 12.3. The molecule has 0 fully saturated rings. The van der Waals surface area contributed by atoms with Crippen LogP contribution in [0.5, 0.6) is 0 Å². The summed E-state index contributed by atoms with van der Waals surface area (Å²) >= 11 is 1.52. The van der Waals surface area contributed by atoms with E-state index >= 15 is 0 Å². The van der Waals surface area contributed by atoms with Crippen LogP contribution in [0.1, 0.15) is 5.56 Å². The van der Waals surface area contributed by atoms with Gasteiger partial charge in [-0.1, -0.05) is 103 Å². The van der Waals surface area contributed by atoms with E-state index in [1.807, 2.05) is 121 Å². The van der Waals surface area contributed by atoms with Crippen molar-refractivity contribution in [3.8, 4) is 56.8 Å². The fourth-order valence-corrected chi connectivity index (χ4v) is 7.97. The van der Waals surface area contributed by atoms with Gasteiger partial charge in [0, 0.05) is 48.7 Å². The SMILES string of the molecule is FC(F)(F)c1ccc(-c2nc(-c3ccc4oc5cccc(-c6nc(-c7ccccc7)nc(-c7ccccc7)n6)c5c4c3)nc3c2sc2ccccc23)cc1. The first kappa shape index (κ1) is 31.9. The lowest BCUT2D eigenvalue weighted by molar-refractivity contribution is -0.137. The monoisotopic (exact) mass is 727 g/mol. The number of alkyl halides is 3. The lowest BCUT2D eigenvalue weighted by Crippen LogP contribution is -2.04. The van der Waals surface area contributed by atoms with E-state index in [0.29, 0.717) is 45.7 Å². The van der Waals surface area contributed by atoms with E-state index in [1.165, 1.54) is 23.5 Å². The quantitative estimate of drug-likeness (QED) is 0.176. The van der Waals surface area contributed by atoms with Gasteiger partial charge in [-0.05, 0) is 42.5 Å². The Morgan fingerprint density at radius 2 is 1.11 bits per heavy atom. The maximum atomic E-state index is 13.5. The summed E-state index contributed by atoms with van der Waals surface area (Å²) in [6, 6.07) is 44.3. The van der Waals surface area contributed by atoms with Crippen molar-refractivity contribution < 1.29 is 17.6 Å². The zero-order valence-electron chi connectivity index (χ0n) is 28.0. The molecule has 0 unspecified atom stereocenters. The number of nitrogens with zero attached hydrogens (tertiary/aromatic N) is 5. The summed E-state index contributed by atoms with van der Waals surface area (Å²) in [4.78, 5) is 24.9. The lowest BCUT2D eigenvalue weighted by Gasteiger charge is -2.10. The molecule has 10 heteroatoms. The van der Waals surface area contributed by atoms with Crippen LogP contribution >= 0.6 is 11.3 Å². The van der Waals surface area contributed by atoms with Crippen LogP contribution in [0.4, 0.5) is 13.2 Å². The molecule has 54 heavy (non-hydrogen) atoms. The summed E-state index contributed by atoms with van der Waals surface area (Å²) in [6.45, 7) is 0. The van der Waals surface area contributed by atoms with Gasteiger partial charge in [-0.25, -0.2) is 24.9 Å². The van der Waals surface area contributed by atoms with Gasteiger partial charge >= 0.3 is 6.18 Å². The Labute approximate surface area is 309 Å². The molecule has 258 valence electrons. The molecule has 0 atom stereocenters. The molecule has 4 heterocycles. The van der Waals surface area contributed by atoms with Crippen molar-refractivity contribution in [3.05, 3.63) is 151 Å². The van der Waals surface area contributed by atoms with Crippen LogP contribution in [0, 0.1) is 0 Å². The highest BCUT2D eigenvalue weighted by atomic mass is 32.1. The fraction of sp³-hybridized carbons (Fsp3) is 0.0227. The Hall–Kier alpha value is -6.78. The Morgan fingerprint density at radius 1 is 0.481 bits per heavy atom. The summed E-state index contributed by atoms with van der Waals surface area (Å²) in [5.41, 5.74) is 5.69. The number of rotatable bonds is 5. The van der Waals surface area contributed by atoms with Crippen molar-refractivity contribution in [1.29, 1.82) is 0 Å². The second-order valence-corrected chi connectivity index (χ2v) is 13.8. The van der Waals surface area contributed by atoms with Crippen LogP contribution in [0.25, 0.3) is 99.1 Å². The Kier molecular flexibility index (Phi) is 7.34. The van der Waals surface area contributed by atoms with Gasteiger partial charge in [0.25, 0.3) is 0 Å². The smallest absolute Gasteiger partial charge is 0.416 e. The number of fused-ring (bicyclic) bond motifs is 6. The lowest BCUT2D eigenvalue weighted by atomic mass is 10.0. The molecule has 10 rings (SSSR count). The first-order valence-corrected chi connectivity index (χ1v) is 17.9. The molecule has 0 aliphatic rings. The molecule has 4 aromatic heterocycles. The highest BCUT2D eigenvalue weighted by molar-refractivity contribution is 7.26. The normalized spacial score (nSPS) is 12.0. The van der Waals surface area contributed by atoms with Gasteiger partial charge in [-0.3, -0.25) is 0 Å². The van der Waals surface area contributed by atoms with Crippen molar-refractivity contribution in [2.75, 3.05) is 0 Å². The van der Waals surface area contributed by atoms with E-state index < -0.39 is 11.7 Å². The van der Waals surface area contributed by atoms with Crippen molar-refractivity contribution in [1.82, 2.24) is 24.9 Å². The minimum atomic E-state index is -4.45. The summed E-state index contributed by atoms with van der Waals surface area (Å²) in [5.74, 6) is 2.02. The number of thiophene rings is 1. The summed E-state index contributed by atoms with van der Waals surface area (Å²) in [5, 5.41) is 2.59. The minimum Gasteiger partial charge on any atom is -0.456 e. The maximum Gasteiger partial charge on any atom is 0.416 e. The van der Waals surface area contributed by atoms with E-state index in [0.717, 1.165) is 65.5 Å². The molecule has 0 amide bonds. The highest BCUT2D eigenvalue weighted by Gasteiger charge is 2.30. The van der Waals surface area contributed by atoms with Crippen molar-refractivity contribution in [3.63, 3.8) is 0 Å². The molecule has 10 aromatic rings. The van der Waals surface area contributed by atoms with E-state index in [2.05, 4.69) is 0 Å². The van der Waals surface area contributed by atoms with E-state index in [4.69, 9.17) is 29.3 Å². The second kappa shape index (κ2) is 12.4. The molecule has 0 aliphatic heterocycles. The third-order valence-electron chi connectivity index (χ3n) is 9.40. The minimum absolute atomic E-state index is 0.438. The molecule has 6 aromatic carbocycles. The zero-order valence-corrected chi connectivity index (χ0v) is 28.9. The molecule has 0 aliphatic carbocycles. The van der Waals surface area contributed by atoms with Gasteiger partial charge < -0.3 is 4.42 Å². The van der Waals surface area contributed by atoms with Gasteiger partial charge in [-0.2, -0.15) is 13.2 Å². The topological polar surface area (TPSA) is 77.6 Å². The van der Waals surface area contributed by atoms with Crippen molar-refractivity contribution in [2.24, 2.45) is 0 Å². The molecule has 0 saturated carbocycles. The molecule has 0 radical (unpaired) electrons.